The largest absolute Gasteiger partial charge is 0.357 e. The molecule has 0 aliphatic heterocycles. The average molecular weight is 322 g/mol. The number of aliphatic imine (C=N–C) groups is 1. The van der Waals surface area contributed by atoms with Gasteiger partial charge in [0.05, 0.1) is 6.54 Å². The Bertz CT molecular complexity index is 498. The van der Waals surface area contributed by atoms with E-state index >= 15 is 0 Å². The second-order valence-electron chi connectivity index (χ2n) is 6.47. The highest BCUT2D eigenvalue weighted by Gasteiger charge is 2.05. The van der Waals surface area contributed by atoms with Gasteiger partial charge in [-0.25, -0.2) is 9.38 Å². The Morgan fingerprint density at radius 1 is 1.26 bits per heavy atom. The molecule has 23 heavy (non-hydrogen) atoms. The Labute approximate surface area is 140 Å². The second-order valence-corrected chi connectivity index (χ2v) is 6.47. The van der Waals surface area contributed by atoms with E-state index in [1.807, 2.05) is 32.0 Å². The normalized spacial score (nSPS) is 12.1. The van der Waals surface area contributed by atoms with E-state index in [2.05, 4.69) is 29.5 Å². The molecule has 0 atom stereocenters. The van der Waals surface area contributed by atoms with Crippen molar-refractivity contribution in [1.82, 2.24) is 15.5 Å². The summed E-state index contributed by atoms with van der Waals surface area (Å²) >= 11 is 0. The van der Waals surface area contributed by atoms with Crippen LogP contribution in [0.1, 0.15) is 38.3 Å². The van der Waals surface area contributed by atoms with Crippen molar-refractivity contribution in [3.05, 3.63) is 35.1 Å². The van der Waals surface area contributed by atoms with Crippen LogP contribution in [-0.4, -0.2) is 38.0 Å². The Morgan fingerprint density at radius 2 is 2.00 bits per heavy atom. The van der Waals surface area contributed by atoms with Gasteiger partial charge in [-0.2, -0.15) is 0 Å². The third-order valence-corrected chi connectivity index (χ3v) is 3.37. The maximum absolute atomic E-state index is 13.8. The third-order valence-electron chi connectivity index (χ3n) is 3.37. The number of halogens is 1. The molecule has 0 amide bonds. The van der Waals surface area contributed by atoms with Crippen molar-refractivity contribution in [3.8, 4) is 0 Å². The van der Waals surface area contributed by atoms with Gasteiger partial charge in [0.1, 0.15) is 5.82 Å². The summed E-state index contributed by atoms with van der Waals surface area (Å²) in [6, 6.07) is 5.23. The zero-order valence-electron chi connectivity index (χ0n) is 15.1. The summed E-state index contributed by atoms with van der Waals surface area (Å²) in [4.78, 5) is 6.55. The number of hydrogen-bond acceptors (Lipinski definition) is 2. The lowest BCUT2D eigenvalue weighted by Crippen LogP contribution is -2.38. The maximum atomic E-state index is 13.8. The summed E-state index contributed by atoms with van der Waals surface area (Å²) in [5.41, 5.74) is 1.73. The lowest BCUT2D eigenvalue weighted by molar-refractivity contribution is 0.392. The van der Waals surface area contributed by atoms with E-state index < -0.39 is 0 Å². The summed E-state index contributed by atoms with van der Waals surface area (Å²) in [7, 11) is 3.87. The molecular weight excluding hydrogens is 291 g/mol. The average Bonchev–Trinajstić information content (AvgIpc) is 2.47. The minimum atomic E-state index is -0.159. The van der Waals surface area contributed by atoms with Crippen LogP contribution in [-0.2, 0) is 13.1 Å². The summed E-state index contributed by atoms with van der Waals surface area (Å²) in [5.74, 6) is 1.32. The van der Waals surface area contributed by atoms with Gasteiger partial charge in [0.15, 0.2) is 5.96 Å². The molecule has 0 heterocycles. The first-order valence-electron chi connectivity index (χ1n) is 8.36. The molecule has 5 heteroatoms. The topological polar surface area (TPSA) is 39.7 Å². The predicted octanol–water partition coefficient (Wildman–Crippen LogP) is 2.99. The van der Waals surface area contributed by atoms with E-state index in [1.54, 1.807) is 6.07 Å². The highest BCUT2D eigenvalue weighted by atomic mass is 19.1. The minimum Gasteiger partial charge on any atom is -0.357 e. The van der Waals surface area contributed by atoms with E-state index in [0.717, 1.165) is 31.0 Å². The lowest BCUT2D eigenvalue weighted by Gasteiger charge is -2.13. The van der Waals surface area contributed by atoms with Gasteiger partial charge in [-0.05, 0) is 51.1 Å². The van der Waals surface area contributed by atoms with E-state index in [-0.39, 0.29) is 5.82 Å². The first-order valence-corrected chi connectivity index (χ1v) is 8.36. The molecule has 0 aliphatic rings. The van der Waals surface area contributed by atoms with Crippen molar-refractivity contribution in [2.75, 3.05) is 27.2 Å². The highest BCUT2D eigenvalue weighted by molar-refractivity contribution is 5.79. The van der Waals surface area contributed by atoms with Crippen LogP contribution in [0.25, 0.3) is 0 Å². The number of nitrogens with one attached hydrogen (secondary N) is 2. The van der Waals surface area contributed by atoms with Crippen molar-refractivity contribution in [2.24, 2.45) is 10.9 Å². The number of guanidine groups is 1. The molecule has 0 saturated carbocycles. The van der Waals surface area contributed by atoms with Gasteiger partial charge in [0, 0.05) is 25.2 Å². The van der Waals surface area contributed by atoms with Crippen LogP contribution in [0.3, 0.4) is 0 Å². The molecule has 0 aromatic heterocycles. The monoisotopic (exact) mass is 322 g/mol. The van der Waals surface area contributed by atoms with Crippen LogP contribution < -0.4 is 10.6 Å². The molecule has 4 nitrogen and oxygen atoms in total. The Balaban J connectivity index is 2.70. The van der Waals surface area contributed by atoms with E-state index in [9.17, 15) is 4.39 Å². The molecule has 0 saturated heterocycles. The maximum Gasteiger partial charge on any atom is 0.191 e. The van der Waals surface area contributed by atoms with Gasteiger partial charge in [-0.1, -0.05) is 19.9 Å². The molecule has 0 radical (unpaired) electrons. The van der Waals surface area contributed by atoms with Crippen molar-refractivity contribution in [2.45, 2.75) is 40.3 Å². The zero-order valence-corrected chi connectivity index (χ0v) is 15.1. The second kappa shape index (κ2) is 10.2. The van der Waals surface area contributed by atoms with Crippen LogP contribution in [0.5, 0.6) is 0 Å². The molecule has 0 unspecified atom stereocenters. The molecule has 0 bridgehead atoms. The van der Waals surface area contributed by atoms with Gasteiger partial charge < -0.3 is 15.5 Å². The molecule has 130 valence electrons. The van der Waals surface area contributed by atoms with Gasteiger partial charge in [0.25, 0.3) is 0 Å². The number of hydrogen-bond donors (Lipinski definition) is 2. The van der Waals surface area contributed by atoms with Crippen molar-refractivity contribution >= 4 is 5.96 Å². The highest BCUT2D eigenvalue weighted by Crippen LogP contribution is 2.13. The number of benzene rings is 1. The fourth-order valence-electron chi connectivity index (χ4n) is 2.18. The summed E-state index contributed by atoms with van der Waals surface area (Å²) in [6.07, 6.45) is 1.11. The zero-order chi connectivity index (χ0) is 17.2. The van der Waals surface area contributed by atoms with Crippen LogP contribution in [0.4, 0.5) is 4.39 Å². The summed E-state index contributed by atoms with van der Waals surface area (Å²) < 4.78 is 13.8. The van der Waals surface area contributed by atoms with Crippen molar-refractivity contribution in [3.63, 3.8) is 0 Å². The molecule has 0 spiro atoms. The van der Waals surface area contributed by atoms with Crippen LogP contribution in [0.2, 0.25) is 0 Å². The van der Waals surface area contributed by atoms with Gasteiger partial charge >= 0.3 is 0 Å². The van der Waals surface area contributed by atoms with E-state index in [0.29, 0.717) is 24.6 Å². The number of nitrogens with zero attached hydrogens (tertiary/aromatic N) is 2. The molecule has 1 aromatic rings. The van der Waals surface area contributed by atoms with Crippen LogP contribution in [0, 0.1) is 11.7 Å². The molecule has 2 N–H and O–H groups in total. The summed E-state index contributed by atoms with van der Waals surface area (Å²) in [5, 5.41) is 6.58. The molecule has 1 rings (SSSR count). The SMILES string of the molecule is CCNC(=NCc1ccc(F)c(CN(C)C)c1)NCCC(C)C. The van der Waals surface area contributed by atoms with Crippen LogP contribution in [0.15, 0.2) is 23.2 Å². The van der Waals surface area contributed by atoms with Gasteiger partial charge in [0.2, 0.25) is 0 Å². The standard InChI is InChI=1S/C18H31FN4/c1-6-20-18(21-10-9-14(2)3)22-12-15-7-8-17(19)16(11-15)13-23(4)5/h7-8,11,14H,6,9-10,12-13H2,1-5H3,(H2,20,21,22). The summed E-state index contributed by atoms with van der Waals surface area (Å²) in [6.45, 7) is 9.31. The number of rotatable bonds is 8. The Hall–Kier alpha value is -1.62. The fraction of sp³-hybridized carbons (Fsp3) is 0.611. The van der Waals surface area contributed by atoms with Crippen LogP contribution >= 0.6 is 0 Å². The first-order chi connectivity index (χ1) is 10.9. The van der Waals surface area contributed by atoms with Gasteiger partial charge in [-0.3, -0.25) is 0 Å². The smallest absolute Gasteiger partial charge is 0.191 e. The Kier molecular flexibility index (Phi) is 8.62. The first kappa shape index (κ1) is 19.4. The van der Waals surface area contributed by atoms with Crippen molar-refractivity contribution in [1.29, 1.82) is 0 Å². The molecule has 0 aliphatic carbocycles. The quantitative estimate of drug-likeness (QED) is 0.571. The minimum absolute atomic E-state index is 0.159. The van der Waals surface area contributed by atoms with Crippen molar-refractivity contribution < 1.29 is 4.39 Å². The lowest BCUT2D eigenvalue weighted by atomic mass is 10.1. The molecule has 1 aromatic carbocycles. The predicted molar refractivity (Wildman–Crippen MR) is 96.1 cm³/mol. The molecular formula is C18H31FN4. The third kappa shape index (κ3) is 7.98. The van der Waals surface area contributed by atoms with Gasteiger partial charge in [-0.15, -0.1) is 0 Å². The fourth-order valence-corrected chi connectivity index (χ4v) is 2.18. The molecule has 0 fully saturated rings. The van der Waals surface area contributed by atoms with E-state index in [4.69, 9.17) is 0 Å². The Morgan fingerprint density at radius 3 is 2.61 bits per heavy atom. The van der Waals surface area contributed by atoms with E-state index in [1.165, 1.54) is 6.07 Å².